The molecule has 1 heterocycles. The lowest BCUT2D eigenvalue weighted by molar-refractivity contribution is 0.652. The maximum atomic E-state index is 6.07. The molecule has 3 aromatic rings. The molecule has 6 heteroatoms. The molecule has 5 nitrogen and oxygen atoms in total. The minimum absolute atomic E-state index is 0. The van der Waals surface area contributed by atoms with E-state index < -0.39 is 0 Å². The van der Waals surface area contributed by atoms with Crippen LogP contribution in [0.5, 0.6) is 0 Å². The highest BCUT2D eigenvalue weighted by molar-refractivity contribution is 14.0. The van der Waals surface area contributed by atoms with Crippen molar-refractivity contribution in [3.8, 4) is 0 Å². The molecule has 0 aliphatic carbocycles. The quantitative estimate of drug-likeness (QED) is 0.285. The van der Waals surface area contributed by atoms with Crippen molar-refractivity contribution in [3.63, 3.8) is 0 Å². The van der Waals surface area contributed by atoms with Crippen LogP contribution < -0.4 is 11.1 Å². The number of nitrogens with zero attached hydrogens (tertiary/aromatic N) is 3. The molecule has 0 fully saturated rings. The van der Waals surface area contributed by atoms with Gasteiger partial charge in [0.25, 0.3) is 0 Å². The molecule has 148 valence electrons. The summed E-state index contributed by atoms with van der Waals surface area (Å²) >= 11 is 0. The van der Waals surface area contributed by atoms with Gasteiger partial charge in [-0.05, 0) is 35.6 Å². The van der Waals surface area contributed by atoms with Crippen LogP contribution in [0.2, 0.25) is 0 Å². The zero-order chi connectivity index (χ0) is 19.1. The van der Waals surface area contributed by atoms with Crippen LogP contribution in [-0.2, 0) is 19.5 Å². The Morgan fingerprint density at radius 1 is 1.14 bits per heavy atom. The highest BCUT2D eigenvalue weighted by Crippen LogP contribution is 2.18. The number of nitrogens with one attached hydrogen (secondary N) is 1. The average molecular weight is 489 g/mol. The number of aliphatic imine (C=N–C) groups is 1. The summed E-state index contributed by atoms with van der Waals surface area (Å²) in [6, 6.07) is 18.7. The Morgan fingerprint density at radius 2 is 1.93 bits per heavy atom. The number of aromatic nitrogens is 2. The predicted molar refractivity (Wildman–Crippen MR) is 127 cm³/mol. The molecule has 0 bridgehead atoms. The summed E-state index contributed by atoms with van der Waals surface area (Å²) in [5.74, 6) is 1.78. The second-order valence-electron chi connectivity index (χ2n) is 6.88. The molecule has 0 unspecified atom stereocenters. The first-order chi connectivity index (χ1) is 13.1. The molecular weight excluding hydrogens is 461 g/mol. The zero-order valence-corrected chi connectivity index (χ0v) is 18.7. The highest BCUT2D eigenvalue weighted by Gasteiger charge is 2.04. The molecule has 0 atom stereocenters. The van der Waals surface area contributed by atoms with Gasteiger partial charge in [0.1, 0.15) is 12.4 Å². The summed E-state index contributed by atoms with van der Waals surface area (Å²) in [5, 5.41) is 3.17. The minimum atomic E-state index is 0. The highest BCUT2D eigenvalue weighted by atomic mass is 127. The van der Waals surface area contributed by atoms with Gasteiger partial charge in [-0.1, -0.05) is 56.3 Å². The number of hydrogen-bond acceptors (Lipinski definition) is 2. The predicted octanol–water partition coefficient (Wildman–Crippen LogP) is 4.79. The number of rotatable bonds is 7. The molecule has 0 saturated heterocycles. The normalized spacial score (nSPS) is 11.3. The van der Waals surface area contributed by atoms with Crippen LogP contribution in [0.25, 0.3) is 0 Å². The second-order valence-corrected chi connectivity index (χ2v) is 6.88. The van der Waals surface area contributed by atoms with Gasteiger partial charge in [0, 0.05) is 24.6 Å². The number of benzene rings is 2. The first-order valence-corrected chi connectivity index (χ1v) is 9.32. The van der Waals surface area contributed by atoms with Crippen LogP contribution in [0.15, 0.2) is 72.0 Å². The van der Waals surface area contributed by atoms with Crippen molar-refractivity contribution in [2.75, 3.05) is 5.32 Å². The molecule has 0 radical (unpaired) electrons. The van der Waals surface area contributed by atoms with Crippen molar-refractivity contribution < 1.29 is 0 Å². The standard InChI is InChI=1S/C22H27N5.HI/c1-17(2)19-9-6-10-20(15-19)26-22(23)25-16-21-24-12-14-27(21)13-11-18-7-4-3-5-8-18;/h3-10,12,14-15,17H,11,13,16H2,1-2H3,(H3,23,25,26);1H. The fourth-order valence-corrected chi connectivity index (χ4v) is 2.91. The molecular formula is C22H28IN5. The van der Waals surface area contributed by atoms with Crippen LogP contribution in [0.4, 0.5) is 5.69 Å². The fourth-order valence-electron chi connectivity index (χ4n) is 2.91. The summed E-state index contributed by atoms with van der Waals surface area (Å²) in [6.07, 6.45) is 4.76. The Morgan fingerprint density at radius 3 is 2.68 bits per heavy atom. The van der Waals surface area contributed by atoms with Crippen molar-refractivity contribution in [1.29, 1.82) is 0 Å². The van der Waals surface area contributed by atoms with E-state index in [0.717, 1.165) is 24.5 Å². The SMILES string of the molecule is CC(C)c1cccc(NC(N)=NCc2nccn2CCc2ccccc2)c1.I. The van der Waals surface area contributed by atoms with Crippen molar-refractivity contribution in [2.45, 2.75) is 39.3 Å². The summed E-state index contributed by atoms with van der Waals surface area (Å²) in [7, 11) is 0. The van der Waals surface area contributed by atoms with Crippen LogP contribution in [0.1, 0.15) is 36.7 Å². The average Bonchev–Trinajstić information content (AvgIpc) is 3.13. The van der Waals surface area contributed by atoms with E-state index in [1.54, 1.807) is 0 Å². The number of guanidine groups is 1. The lowest BCUT2D eigenvalue weighted by Gasteiger charge is -2.10. The molecule has 1 aromatic heterocycles. The Bertz CT molecular complexity index is 887. The zero-order valence-electron chi connectivity index (χ0n) is 16.4. The lowest BCUT2D eigenvalue weighted by atomic mass is 10.0. The Hall–Kier alpha value is -2.35. The van der Waals surface area contributed by atoms with Crippen molar-refractivity contribution >= 4 is 35.6 Å². The van der Waals surface area contributed by atoms with E-state index in [0.29, 0.717) is 18.4 Å². The summed E-state index contributed by atoms with van der Waals surface area (Å²) in [6.45, 7) is 5.67. The summed E-state index contributed by atoms with van der Waals surface area (Å²) in [5.41, 5.74) is 9.60. The monoisotopic (exact) mass is 489 g/mol. The van der Waals surface area contributed by atoms with Gasteiger partial charge in [-0.3, -0.25) is 0 Å². The largest absolute Gasteiger partial charge is 0.370 e. The van der Waals surface area contributed by atoms with Crippen LogP contribution in [0, 0.1) is 0 Å². The van der Waals surface area contributed by atoms with Crippen molar-refractivity contribution in [3.05, 3.63) is 83.9 Å². The molecule has 0 spiro atoms. The van der Waals surface area contributed by atoms with E-state index in [-0.39, 0.29) is 24.0 Å². The van der Waals surface area contributed by atoms with E-state index >= 15 is 0 Å². The first kappa shape index (κ1) is 21.9. The van der Waals surface area contributed by atoms with Gasteiger partial charge < -0.3 is 15.6 Å². The number of anilines is 1. The van der Waals surface area contributed by atoms with Crippen LogP contribution in [-0.4, -0.2) is 15.5 Å². The fraction of sp³-hybridized carbons (Fsp3) is 0.273. The third-order valence-electron chi connectivity index (χ3n) is 4.50. The second kappa shape index (κ2) is 10.8. The number of nitrogens with two attached hydrogens (primary N) is 1. The third-order valence-corrected chi connectivity index (χ3v) is 4.50. The topological polar surface area (TPSA) is 68.2 Å². The Balaban J connectivity index is 0.00000280. The van der Waals surface area contributed by atoms with Gasteiger partial charge in [0.2, 0.25) is 0 Å². The molecule has 3 rings (SSSR count). The summed E-state index contributed by atoms with van der Waals surface area (Å²) < 4.78 is 2.13. The van der Waals surface area contributed by atoms with Gasteiger partial charge in [-0.2, -0.15) is 0 Å². The van der Waals surface area contributed by atoms with Crippen LogP contribution in [0.3, 0.4) is 0 Å². The maximum Gasteiger partial charge on any atom is 0.193 e. The Kier molecular flexibility index (Phi) is 8.50. The van der Waals surface area contributed by atoms with Crippen molar-refractivity contribution in [1.82, 2.24) is 9.55 Å². The van der Waals surface area contributed by atoms with E-state index in [4.69, 9.17) is 5.73 Å². The van der Waals surface area contributed by atoms with Gasteiger partial charge in [0.15, 0.2) is 5.96 Å². The minimum Gasteiger partial charge on any atom is -0.370 e. The number of aryl methyl sites for hydroxylation is 2. The van der Waals surface area contributed by atoms with E-state index in [2.05, 4.69) is 70.1 Å². The molecule has 0 amide bonds. The third kappa shape index (κ3) is 6.37. The number of hydrogen-bond donors (Lipinski definition) is 2. The van der Waals surface area contributed by atoms with E-state index in [1.807, 2.05) is 30.6 Å². The van der Waals surface area contributed by atoms with Gasteiger partial charge in [0.05, 0.1) is 0 Å². The van der Waals surface area contributed by atoms with Crippen molar-refractivity contribution in [2.24, 2.45) is 10.7 Å². The molecule has 0 aliphatic heterocycles. The number of imidazole rings is 1. The first-order valence-electron chi connectivity index (χ1n) is 9.32. The Labute approximate surface area is 184 Å². The smallest absolute Gasteiger partial charge is 0.193 e. The molecule has 3 N–H and O–H groups in total. The molecule has 2 aromatic carbocycles. The van der Waals surface area contributed by atoms with Gasteiger partial charge in [-0.15, -0.1) is 24.0 Å². The van der Waals surface area contributed by atoms with E-state index in [1.165, 1.54) is 11.1 Å². The maximum absolute atomic E-state index is 6.07. The number of halogens is 1. The van der Waals surface area contributed by atoms with Crippen LogP contribution >= 0.6 is 24.0 Å². The van der Waals surface area contributed by atoms with E-state index in [9.17, 15) is 0 Å². The molecule has 0 saturated carbocycles. The summed E-state index contributed by atoms with van der Waals surface area (Å²) in [4.78, 5) is 8.87. The molecule has 28 heavy (non-hydrogen) atoms. The molecule has 0 aliphatic rings. The van der Waals surface area contributed by atoms with Gasteiger partial charge >= 0.3 is 0 Å². The van der Waals surface area contributed by atoms with Gasteiger partial charge in [-0.25, -0.2) is 9.98 Å². The lowest BCUT2D eigenvalue weighted by Crippen LogP contribution is -2.23.